The molecule has 0 spiro atoms. The Bertz CT molecular complexity index is 428. The zero-order valence-electron chi connectivity index (χ0n) is 9.62. The van der Waals surface area contributed by atoms with Gasteiger partial charge in [0.05, 0.1) is 6.54 Å². The highest BCUT2D eigenvalue weighted by Crippen LogP contribution is 2.12. The van der Waals surface area contributed by atoms with Gasteiger partial charge in [0.2, 0.25) is 0 Å². The van der Waals surface area contributed by atoms with E-state index in [0.29, 0.717) is 6.54 Å². The van der Waals surface area contributed by atoms with E-state index in [0.717, 1.165) is 12.4 Å². The number of nitrogens with zero attached hydrogens (tertiary/aromatic N) is 2. The summed E-state index contributed by atoms with van der Waals surface area (Å²) >= 11 is 0. The minimum absolute atomic E-state index is 0.716. The Morgan fingerprint density at radius 3 is 2.56 bits per heavy atom. The van der Waals surface area contributed by atoms with E-state index in [1.165, 1.54) is 23.0 Å². The minimum Gasteiger partial charge on any atom is -0.306 e. The average Bonchev–Trinajstić information content (AvgIpc) is 2.75. The molecule has 0 saturated carbocycles. The first-order valence-corrected chi connectivity index (χ1v) is 5.37. The molecule has 0 fully saturated rings. The molecule has 0 atom stereocenters. The van der Waals surface area contributed by atoms with Crippen molar-refractivity contribution in [1.29, 1.82) is 0 Å². The van der Waals surface area contributed by atoms with Crippen LogP contribution in [0.15, 0.2) is 24.5 Å². The molecule has 1 aromatic heterocycles. The first-order chi connectivity index (χ1) is 7.77. The molecule has 84 valence electrons. The van der Waals surface area contributed by atoms with Crippen LogP contribution in [0.25, 0.3) is 0 Å². The molecule has 0 unspecified atom stereocenters. The summed E-state index contributed by atoms with van der Waals surface area (Å²) in [4.78, 5) is 4.06. The van der Waals surface area contributed by atoms with Gasteiger partial charge in [-0.3, -0.25) is 5.10 Å². The molecule has 2 aromatic rings. The zero-order chi connectivity index (χ0) is 11.4. The molecular formula is C12H16N4. The molecule has 2 rings (SSSR count). The molecular weight excluding hydrogens is 200 g/mol. The molecule has 4 nitrogen and oxygen atoms in total. The van der Waals surface area contributed by atoms with Crippen molar-refractivity contribution >= 4 is 0 Å². The van der Waals surface area contributed by atoms with Crippen LogP contribution in [0.5, 0.6) is 0 Å². The van der Waals surface area contributed by atoms with Gasteiger partial charge in [0.15, 0.2) is 0 Å². The van der Waals surface area contributed by atoms with Gasteiger partial charge >= 0.3 is 0 Å². The van der Waals surface area contributed by atoms with E-state index in [2.05, 4.69) is 52.5 Å². The van der Waals surface area contributed by atoms with E-state index in [4.69, 9.17) is 0 Å². The van der Waals surface area contributed by atoms with Crippen LogP contribution in [0.1, 0.15) is 22.5 Å². The Morgan fingerprint density at radius 2 is 1.94 bits per heavy atom. The number of aromatic nitrogens is 3. The SMILES string of the molecule is Cc1cccc(C)c1CNCc1ncn[nH]1. The highest BCUT2D eigenvalue weighted by Gasteiger charge is 2.01. The van der Waals surface area contributed by atoms with E-state index in [-0.39, 0.29) is 0 Å². The number of aromatic amines is 1. The van der Waals surface area contributed by atoms with Crippen molar-refractivity contribution in [3.05, 3.63) is 47.0 Å². The molecule has 0 saturated heterocycles. The second-order valence-electron chi connectivity index (χ2n) is 3.91. The van der Waals surface area contributed by atoms with Crippen molar-refractivity contribution in [3.63, 3.8) is 0 Å². The summed E-state index contributed by atoms with van der Waals surface area (Å²) in [5.41, 5.74) is 4.01. The van der Waals surface area contributed by atoms with Gasteiger partial charge in [-0.2, -0.15) is 5.10 Å². The van der Waals surface area contributed by atoms with Gasteiger partial charge in [-0.1, -0.05) is 18.2 Å². The Balaban J connectivity index is 1.95. The standard InChI is InChI=1S/C12H16N4/c1-9-4-3-5-10(2)11(9)6-13-7-12-14-8-15-16-12/h3-5,8,13H,6-7H2,1-2H3,(H,14,15,16). The van der Waals surface area contributed by atoms with E-state index in [9.17, 15) is 0 Å². The monoisotopic (exact) mass is 216 g/mol. The third-order valence-electron chi connectivity index (χ3n) is 2.70. The average molecular weight is 216 g/mol. The highest BCUT2D eigenvalue weighted by molar-refractivity contribution is 5.33. The van der Waals surface area contributed by atoms with E-state index in [1.54, 1.807) is 0 Å². The van der Waals surface area contributed by atoms with Crippen LogP contribution in [0, 0.1) is 13.8 Å². The van der Waals surface area contributed by atoms with Gasteiger partial charge in [0.1, 0.15) is 12.2 Å². The number of benzene rings is 1. The number of hydrogen-bond acceptors (Lipinski definition) is 3. The van der Waals surface area contributed by atoms with Gasteiger partial charge in [0, 0.05) is 6.54 Å². The summed E-state index contributed by atoms with van der Waals surface area (Å²) < 4.78 is 0. The zero-order valence-corrected chi connectivity index (χ0v) is 9.62. The first kappa shape index (κ1) is 10.8. The maximum Gasteiger partial charge on any atom is 0.138 e. The van der Waals surface area contributed by atoms with Crippen molar-refractivity contribution in [2.24, 2.45) is 0 Å². The molecule has 0 aliphatic carbocycles. The Labute approximate surface area is 95.1 Å². The lowest BCUT2D eigenvalue weighted by molar-refractivity contribution is 0.660. The second-order valence-corrected chi connectivity index (χ2v) is 3.91. The molecule has 2 N–H and O–H groups in total. The number of aryl methyl sites for hydroxylation is 2. The smallest absolute Gasteiger partial charge is 0.138 e. The number of nitrogens with one attached hydrogen (secondary N) is 2. The summed E-state index contributed by atoms with van der Waals surface area (Å²) in [6.45, 7) is 5.85. The van der Waals surface area contributed by atoms with Crippen LogP contribution in [0.3, 0.4) is 0 Å². The van der Waals surface area contributed by atoms with Crippen molar-refractivity contribution in [2.45, 2.75) is 26.9 Å². The van der Waals surface area contributed by atoms with Gasteiger partial charge < -0.3 is 5.32 Å². The highest BCUT2D eigenvalue weighted by atomic mass is 15.2. The first-order valence-electron chi connectivity index (χ1n) is 5.37. The summed E-state index contributed by atoms with van der Waals surface area (Å²) in [5, 5.41) is 9.99. The van der Waals surface area contributed by atoms with Crippen molar-refractivity contribution in [2.75, 3.05) is 0 Å². The van der Waals surface area contributed by atoms with Crippen molar-refractivity contribution < 1.29 is 0 Å². The lowest BCUT2D eigenvalue weighted by Crippen LogP contribution is -2.15. The quantitative estimate of drug-likeness (QED) is 0.818. The van der Waals surface area contributed by atoms with E-state index in [1.807, 2.05) is 0 Å². The Morgan fingerprint density at radius 1 is 1.19 bits per heavy atom. The molecule has 16 heavy (non-hydrogen) atoms. The maximum atomic E-state index is 4.06. The summed E-state index contributed by atoms with van der Waals surface area (Å²) in [7, 11) is 0. The maximum absolute atomic E-state index is 4.06. The van der Waals surface area contributed by atoms with Crippen LogP contribution in [-0.2, 0) is 13.1 Å². The normalized spacial score (nSPS) is 10.6. The van der Waals surface area contributed by atoms with Crippen LogP contribution in [-0.4, -0.2) is 15.2 Å². The van der Waals surface area contributed by atoms with E-state index < -0.39 is 0 Å². The van der Waals surface area contributed by atoms with Gasteiger partial charge in [-0.05, 0) is 30.5 Å². The Hall–Kier alpha value is -1.68. The van der Waals surface area contributed by atoms with Gasteiger partial charge in [-0.15, -0.1) is 0 Å². The topological polar surface area (TPSA) is 53.6 Å². The molecule has 1 heterocycles. The number of hydrogen-bond donors (Lipinski definition) is 2. The van der Waals surface area contributed by atoms with Gasteiger partial charge in [-0.25, -0.2) is 4.98 Å². The fourth-order valence-corrected chi connectivity index (χ4v) is 1.75. The lowest BCUT2D eigenvalue weighted by atomic mass is 10.0. The summed E-state index contributed by atoms with van der Waals surface area (Å²) in [6.07, 6.45) is 1.52. The van der Waals surface area contributed by atoms with Crippen LogP contribution in [0.4, 0.5) is 0 Å². The van der Waals surface area contributed by atoms with Crippen molar-refractivity contribution in [3.8, 4) is 0 Å². The third kappa shape index (κ3) is 2.46. The van der Waals surface area contributed by atoms with Gasteiger partial charge in [0.25, 0.3) is 0 Å². The van der Waals surface area contributed by atoms with Crippen LogP contribution < -0.4 is 5.32 Å². The molecule has 0 bridgehead atoms. The summed E-state index contributed by atoms with van der Waals surface area (Å²) in [6, 6.07) is 6.36. The lowest BCUT2D eigenvalue weighted by Gasteiger charge is -2.09. The predicted molar refractivity (Wildman–Crippen MR) is 62.8 cm³/mol. The Kier molecular flexibility index (Phi) is 3.31. The predicted octanol–water partition coefficient (Wildman–Crippen LogP) is 1.71. The van der Waals surface area contributed by atoms with Crippen LogP contribution >= 0.6 is 0 Å². The molecule has 0 aliphatic heterocycles. The summed E-state index contributed by atoms with van der Waals surface area (Å²) in [5.74, 6) is 0.867. The van der Waals surface area contributed by atoms with Crippen molar-refractivity contribution in [1.82, 2.24) is 20.5 Å². The second kappa shape index (κ2) is 4.90. The molecule has 0 amide bonds. The fraction of sp³-hybridized carbons (Fsp3) is 0.333. The number of rotatable bonds is 4. The van der Waals surface area contributed by atoms with Crippen LogP contribution in [0.2, 0.25) is 0 Å². The third-order valence-corrected chi connectivity index (χ3v) is 2.70. The molecule has 4 heteroatoms. The number of H-pyrrole nitrogens is 1. The molecule has 0 radical (unpaired) electrons. The minimum atomic E-state index is 0.716. The molecule has 1 aromatic carbocycles. The fourth-order valence-electron chi connectivity index (χ4n) is 1.75. The molecule has 0 aliphatic rings. The largest absolute Gasteiger partial charge is 0.306 e. The van der Waals surface area contributed by atoms with E-state index >= 15 is 0 Å².